The Morgan fingerprint density at radius 3 is 2.80 bits per heavy atom. The van der Waals surface area contributed by atoms with E-state index in [1.165, 1.54) is 10.9 Å². The van der Waals surface area contributed by atoms with Gasteiger partial charge in [-0.05, 0) is 31.0 Å². The summed E-state index contributed by atoms with van der Waals surface area (Å²) in [6.45, 7) is 4.19. The summed E-state index contributed by atoms with van der Waals surface area (Å²) in [5, 5.41) is 1.21. The minimum atomic E-state index is 0.0494. The molecular weight excluding hydrogens is 184 g/mol. The zero-order valence-corrected chi connectivity index (χ0v) is 9.20. The quantitative estimate of drug-likeness (QED) is 0.809. The third-order valence-corrected chi connectivity index (χ3v) is 2.76. The van der Waals surface area contributed by atoms with Gasteiger partial charge in [0.05, 0.1) is 11.2 Å². The molecule has 2 nitrogen and oxygen atoms in total. The van der Waals surface area contributed by atoms with E-state index in [-0.39, 0.29) is 6.04 Å². The van der Waals surface area contributed by atoms with Crippen molar-refractivity contribution in [2.24, 2.45) is 5.73 Å². The van der Waals surface area contributed by atoms with Crippen LogP contribution in [-0.4, -0.2) is 4.98 Å². The Labute approximate surface area is 90.1 Å². The number of hydrogen-bond donors (Lipinski definition) is 1. The fourth-order valence-electron chi connectivity index (χ4n) is 1.77. The number of nitrogens with zero attached hydrogens (tertiary/aromatic N) is 1. The summed E-state index contributed by atoms with van der Waals surface area (Å²) in [5.41, 5.74) is 9.27. The van der Waals surface area contributed by atoms with Crippen molar-refractivity contribution in [1.82, 2.24) is 4.98 Å². The van der Waals surface area contributed by atoms with Gasteiger partial charge < -0.3 is 5.73 Å². The molecule has 0 spiro atoms. The Balaban J connectivity index is 2.62. The second kappa shape index (κ2) is 3.99. The molecule has 0 unspecified atom stereocenters. The lowest BCUT2D eigenvalue weighted by Crippen LogP contribution is -2.11. The third kappa shape index (κ3) is 1.85. The molecule has 0 saturated heterocycles. The molecule has 1 atom stereocenters. The minimum absolute atomic E-state index is 0.0494. The molecule has 1 aromatic heterocycles. The number of fused-ring (bicyclic) bond motifs is 1. The molecular formula is C13H16N2. The number of para-hydroxylation sites is 1. The maximum absolute atomic E-state index is 5.99. The van der Waals surface area contributed by atoms with Gasteiger partial charge in [0.1, 0.15) is 0 Å². The second-order valence-electron chi connectivity index (χ2n) is 3.90. The molecule has 2 aromatic rings. The van der Waals surface area contributed by atoms with Gasteiger partial charge in [0.15, 0.2) is 0 Å². The average Bonchev–Trinajstić information content (AvgIpc) is 2.28. The Hall–Kier alpha value is -1.41. The van der Waals surface area contributed by atoms with Crippen LogP contribution >= 0.6 is 0 Å². The van der Waals surface area contributed by atoms with E-state index >= 15 is 0 Å². The number of hydrogen-bond acceptors (Lipinski definition) is 2. The summed E-state index contributed by atoms with van der Waals surface area (Å²) in [7, 11) is 0. The van der Waals surface area contributed by atoms with Crippen LogP contribution in [0.3, 0.4) is 0 Å². The molecule has 0 fully saturated rings. The largest absolute Gasteiger partial charge is 0.323 e. The van der Waals surface area contributed by atoms with Crippen molar-refractivity contribution in [3.8, 4) is 0 Å². The van der Waals surface area contributed by atoms with Crippen molar-refractivity contribution in [1.29, 1.82) is 0 Å². The van der Waals surface area contributed by atoms with Crippen LogP contribution in [0.4, 0.5) is 0 Å². The predicted octanol–water partition coefficient (Wildman–Crippen LogP) is 2.95. The highest BCUT2D eigenvalue weighted by molar-refractivity contribution is 5.82. The van der Waals surface area contributed by atoms with Gasteiger partial charge in [-0.25, -0.2) is 0 Å². The van der Waals surface area contributed by atoms with E-state index in [9.17, 15) is 0 Å². The molecule has 0 aliphatic rings. The number of nitrogens with two attached hydrogens (primary N) is 1. The van der Waals surface area contributed by atoms with Gasteiger partial charge in [0.25, 0.3) is 0 Å². The van der Waals surface area contributed by atoms with Crippen molar-refractivity contribution < 1.29 is 0 Å². The number of aromatic nitrogens is 1. The summed E-state index contributed by atoms with van der Waals surface area (Å²) in [5.74, 6) is 0. The van der Waals surface area contributed by atoms with Crippen molar-refractivity contribution in [3.05, 3.63) is 41.6 Å². The highest BCUT2D eigenvalue weighted by Gasteiger charge is 2.07. The lowest BCUT2D eigenvalue weighted by Gasteiger charge is -2.11. The molecule has 2 rings (SSSR count). The molecule has 0 aliphatic heterocycles. The number of aryl methyl sites for hydroxylation is 1. The predicted molar refractivity (Wildman–Crippen MR) is 63.7 cm³/mol. The van der Waals surface area contributed by atoms with E-state index in [0.717, 1.165) is 17.6 Å². The van der Waals surface area contributed by atoms with Crippen molar-refractivity contribution >= 4 is 10.9 Å². The summed E-state index contributed by atoms with van der Waals surface area (Å²) in [4.78, 5) is 4.58. The topological polar surface area (TPSA) is 38.9 Å². The summed E-state index contributed by atoms with van der Waals surface area (Å²) >= 11 is 0. The van der Waals surface area contributed by atoms with E-state index in [0.29, 0.717) is 0 Å². The first-order valence-corrected chi connectivity index (χ1v) is 5.34. The fourth-order valence-corrected chi connectivity index (χ4v) is 1.77. The van der Waals surface area contributed by atoms with E-state index in [1.54, 1.807) is 0 Å². The Morgan fingerprint density at radius 1 is 1.33 bits per heavy atom. The molecule has 0 saturated carbocycles. The van der Waals surface area contributed by atoms with E-state index in [1.807, 2.05) is 18.2 Å². The van der Waals surface area contributed by atoms with E-state index in [2.05, 4.69) is 31.0 Å². The summed E-state index contributed by atoms with van der Waals surface area (Å²) in [6, 6.07) is 10.3. The monoisotopic (exact) mass is 200 g/mol. The summed E-state index contributed by atoms with van der Waals surface area (Å²) < 4.78 is 0. The van der Waals surface area contributed by atoms with Gasteiger partial charge in [-0.1, -0.05) is 25.1 Å². The van der Waals surface area contributed by atoms with Gasteiger partial charge in [-0.2, -0.15) is 0 Å². The van der Waals surface area contributed by atoms with Crippen molar-refractivity contribution in [2.75, 3.05) is 0 Å². The highest BCUT2D eigenvalue weighted by Crippen LogP contribution is 2.20. The average molecular weight is 200 g/mol. The molecule has 2 heteroatoms. The van der Waals surface area contributed by atoms with Gasteiger partial charge in [0.2, 0.25) is 0 Å². The van der Waals surface area contributed by atoms with Crippen LogP contribution in [0, 0.1) is 6.92 Å². The number of rotatable bonds is 2. The minimum Gasteiger partial charge on any atom is -0.323 e. The Bertz CT molecular complexity index is 477. The smallest absolute Gasteiger partial charge is 0.0708 e. The lowest BCUT2D eigenvalue weighted by molar-refractivity contribution is 0.678. The second-order valence-corrected chi connectivity index (χ2v) is 3.90. The number of pyridine rings is 1. The molecule has 1 heterocycles. The molecule has 0 aliphatic carbocycles. The zero-order chi connectivity index (χ0) is 10.8. The first-order valence-electron chi connectivity index (χ1n) is 5.34. The molecule has 2 N–H and O–H groups in total. The van der Waals surface area contributed by atoms with Crippen LogP contribution in [0.1, 0.15) is 30.6 Å². The molecule has 78 valence electrons. The fraction of sp³-hybridized carbons (Fsp3) is 0.308. The van der Waals surface area contributed by atoms with Gasteiger partial charge in [-0.3, -0.25) is 4.98 Å². The van der Waals surface area contributed by atoms with Crippen LogP contribution in [0.15, 0.2) is 30.3 Å². The van der Waals surface area contributed by atoms with Gasteiger partial charge in [-0.15, -0.1) is 0 Å². The van der Waals surface area contributed by atoms with Crippen LogP contribution in [0.2, 0.25) is 0 Å². The van der Waals surface area contributed by atoms with Crippen LogP contribution < -0.4 is 5.73 Å². The Morgan fingerprint density at radius 2 is 2.07 bits per heavy atom. The molecule has 15 heavy (non-hydrogen) atoms. The lowest BCUT2D eigenvalue weighted by atomic mass is 10.1. The van der Waals surface area contributed by atoms with Gasteiger partial charge in [0, 0.05) is 11.4 Å². The molecule has 0 radical (unpaired) electrons. The third-order valence-electron chi connectivity index (χ3n) is 2.76. The van der Waals surface area contributed by atoms with Crippen molar-refractivity contribution in [2.45, 2.75) is 26.3 Å². The molecule has 0 bridgehead atoms. The van der Waals surface area contributed by atoms with Crippen LogP contribution in [-0.2, 0) is 0 Å². The van der Waals surface area contributed by atoms with Crippen LogP contribution in [0.5, 0.6) is 0 Å². The van der Waals surface area contributed by atoms with E-state index < -0.39 is 0 Å². The van der Waals surface area contributed by atoms with Gasteiger partial charge >= 0.3 is 0 Å². The SMILES string of the molecule is CC[C@@H](N)c1cc(C)c2ccccc2n1. The standard InChI is InChI=1S/C13H16N2/c1-3-11(14)13-8-9(2)10-6-4-5-7-12(10)15-13/h4-8,11H,3,14H2,1-2H3/t11-/m1/s1. The number of benzene rings is 1. The molecule has 1 aromatic carbocycles. The van der Waals surface area contributed by atoms with Crippen molar-refractivity contribution in [3.63, 3.8) is 0 Å². The maximum atomic E-state index is 5.99. The first-order chi connectivity index (χ1) is 7.22. The molecule has 0 amide bonds. The van der Waals surface area contributed by atoms with Crippen LogP contribution in [0.25, 0.3) is 10.9 Å². The Kier molecular flexibility index (Phi) is 2.69. The maximum Gasteiger partial charge on any atom is 0.0708 e. The summed E-state index contributed by atoms with van der Waals surface area (Å²) in [6.07, 6.45) is 0.921. The normalized spacial score (nSPS) is 13.0. The highest BCUT2D eigenvalue weighted by atomic mass is 14.8. The van der Waals surface area contributed by atoms with E-state index in [4.69, 9.17) is 5.73 Å². The first kappa shape index (κ1) is 10.1. The zero-order valence-electron chi connectivity index (χ0n) is 9.20.